The van der Waals surface area contributed by atoms with Crippen molar-refractivity contribution >= 4 is 34.5 Å². The van der Waals surface area contributed by atoms with E-state index >= 15 is 0 Å². The SMILES string of the molecule is CC(C)N(Cc1cccs1)Cc1nc(Cl)ccc1Cl. The highest BCUT2D eigenvalue weighted by Crippen LogP contribution is 2.21. The number of hydrogen-bond donors (Lipinski definition) is 0. The molecule has 2 heterocycles. The molecule has 0 aliphatic carbocycles. The zero-order valence-corrected chi connectivity index (χ0v) is 13.3. The van der Waals surface area contributed by atoms with E-state index in [1.165, 1.54) is 4.88 Å². The van der Waals surface area contributed by atoms with Crippen LogP contribution in [0.5, 0.6) is 0 Å². The summed E-state index contributed by atoms with van der Waals surface area (Å²) in [5.74, 6) is 0. The van der Waals surface area contributed by atoms with Gasteiger partial charge in [0.15, 0.2) is 0 Å². The van der Waals surface area contributed by atoms with Crippen molar-refractivity contribution in [2.24, 2.45) is 0 Å². The Hall–Kier alpha value is -0.610. The molecule has 0 unspecified atom stereocenters. The average molecular weight is 315 g/mol. The van der Waals surface area contributed by atoms with Crippen molar-refractivity contribution < 1.29 is 0 Å². The van der Waals surface area contributed by atoms with Gasteiger partial charge in [-0.1, -0.05) is 29.3 Å². The van der Waals surface area contributed by atoms with Gasteiger partial charge in [-0.2, -0.15) is 0 Å². The van der Waals surface area contributed by atoms with Crippen molar-refractivity contribution in [3.63, 3.8) is 0 Å². The third-order valence-electron chi connectivity index (χ3n) is 2.91. The van der Waals surface area contributed by atoms with E-state index < -0.39 is 0 Å². The Kier molecular flexibility index (Phi) is 5.22. The van der Waals surface area contributed by atoms with E-state index in [2.05, 4.69) is 41.2 Å². The van der Waals surface area contributed by atoms with Crippen molar-refractivity contribution in [2.75, 3.05) is 0 Å². The van der Waals surface area contributed by atoms with Crippen LogP contribution in [-0.4, -0.2) is 15.9 Å². The summed E-state index contributed by atoms with van der Waals surface area (Å²) >= 11 is 13.9. The lowest BCUT2D eigenvalue weighted by molar-refractivity contribution is 0.203. The second-order valence-electron chi connectivity index (χ2n) is 4.64. The van der Waals surface area contributed by atoms with Crippen LogP contribution in [0, 0.1) is 0 Å². The van der Waals surface area contributed by atoms with Gasteiger partial charge in [0.25, 0.3) is 0 Å². The molecule has 0 bridgehead atoms. The molecule has 0 spiro atoms. The lowest BCUT2D eigenvalue weighted by atomic mass is 10.2. The fraction of sp³-hybridized carbons (Fsp3) is 0.357. The molecule has 2 aromatic heterocycles. The molecule has 5 heteroatoms. The van der Waals surface area contributed by atoms with Crippen molar-refractivity contribution in [1.29, 1.82) is 0 Å². The Morgan fingerprint density at radius 3 is 2.63 bits per heavy atom. The molecular weight excluding hydrogens is 299 g/mol. The quantitative estimate of drug-likeness (QED) is 0.733. The molecule has 0 saturated carbocycles. The van der Waals surface area contributed by atoms with Crippen LogP contribution in [0.25, 0.3) is 0 Å². The van der Waals surface area contributed by atoms with Crippen molar-refractivity contribution in [3.8, 4) is 0 Å². The van der Waals surface area contributed by atoms with Crippen molar-refractivity contribution in [1.82, 2.24) is 9.88 Å². The van der Waals surface area contributed by atoms with Gasteiger partial charge in [0.2, 0.25) is 0 Å². The highest BCUT2D eigenvalue weighted by Gasteiger charge is 2.14. The fourth-order valence-corrected chi connectivity index (χ4v) is 2.84. The van der Waals surface area contributed by atoms with Gasteiger partial charge in [-0.25, -0.2) is 4.98 Å². The molecule has 2 rings (SSSR count). The average Bonchev–Trinajstić information content (AvgIpc) is 2.85. The minimum Gasteiger partial charge on any atom is -0.290 e. The summed E-state index contributed by atoms with van der Waals surface area (Å²) in [7, 11) is 0. The Morgan fingerprint density at radius 2 is 2.00 bits per heavy atom. The molecular formula is C14H16Cl2N2S. The first-order valence-corrected chi connectivity index (χ1v) is 7.77. The maximum atomic E-state index is 6.18. The molecule has 0 saturated heterocycles. The van der Waals surface area contributed by atoms with Gasteiger partial charge in [-0.05, 0) is 37.4 Å². The number of aromatic nitrogens is 1. The maximum Gasteiger partial charge on any atom is 0.129 e. The van der Waals surface area contributed by atoms with Crippen LogP contribution in [0.15, 0.2) is 29.6 Å². The Morgan fingerprint density at radius 1 is 1.21 bits per heavy atom. The Bertz CT molecular complexity index is 526. The zero-order valence-electron chi connectivity index (χ0n) is 10.9. The first-order chi connectivity index (χ1) is 9.06. The number of rotatable bonds is 5. The lowest BCUT2D eigenvalue weighted by Gasteiger charge is -2.25. The highest BCUT2D eigenvalue weighted by atomic mass is 35.5. The topological polar surface area (TPSA) is 16.1 Å². The number of pyridine rings is 1. The smallest absolute Gasteiger partial charge is 0.129 e. The summed E-state index contributed by atoms with van der Waals surface area (Å²) in [4.78, 5) is 7.99. The predicted octanol–water partition coefficient (Wildman–Crippen LogP) is 4.86. The van der Waals surface area contributed by atoms with E-state index in [-0.39, 0.29) is 0 Å². The lowest BCUT2D eigenvalue weighted by Crippen LogP contribution is -2.30. The highest BCUT2D eigenvalue weighted by molar-refractivity contribution is 7.09. The molecule has 0 aliphatic heterocycles. The summed E-state index contributed by atoms with van der Waals surface area (Å²) in [5.41, 5.74) is 0.833. The molecule has 0 radical (unpaired) electrons. The van der Waals surface area contributed by atoms with Crippen LogP contribution in [0.3, 0.4) is 0 Å². The second kappa shape index (κ2) is 6.71. The van der Waals surface area contributed by atoms with Gasteiger partial charge in [0, 0.05) is 24.0 Å². The molecule has 2 aromatic rings. The van der Waals surface area contributed by atoms with Gasteiger partial charge in [-0.3, -0.25) is 4.90 Å². The predicted molar refractivity (Wildman–Crippen MR) is 83.0 cm³/mol. The molecule has 102 valence electrons. The van der Waals surface area contributed by atoms with Gasteiger partial charge < -0.3 is 0 Å². The molecule has 0 aromatic carbocycles. The molecule has 0 amide bonds. The summed E-state index contributed by atoms with van der Waals surface area (Å²) in [6.45, 7) is 5.95. The Balaban J connectivity index is 2.14. The van der Waals surface area contributed by atoms with Crippen LogP contribution >= 0.6 is 34.5 Å². The summed E-state index contributed by atoms with van der Waals surface area (Å²) in [6.07, 6.45) is 0. The van der Waals surface area contributed by atoms with Crippen LogP contribution in [0.4, 0.5) is 0 Å². The molecule has 0 atom stereocenters. The Labute approximate surface area is 128 Å². The number of halogens is 2. The first-order valence-electron chi connectivity index (χ1n) is 6.13. The monoisotopic (exact) mass is 314 g/mol. The number of thiophene rings is 1. The molecule has 2 nitrogen and oxygen atoms in total. The largest absolute Gasteiger partial charge is 0.290 e. The van der Waals surface area contributed by atoms with E-state index in [4.69, 9.17) is 23.2 Å². The standard InChI is InChI=1S/C14H16Cl2N2S/c1-10(2)18(8-11-4-3-7-19-11)9-13-12(15)5-6-14(16)17-13/h3-7,10H,8-9H2,1-2H3. The van der Waals surface area contributed by atoms with E-state index in [9.17, 15) is 0 Å². The third-order valence-corrected chi connectivity index (χ3v) is 4.32. The van der Waals surface area contributed by atoms with Crippen molar-refractivity contribution in [2.45, 2.75) is 33.0 Å². The maximum absolute atomic E-state index is 6.18. The molecule has 0 aliphatic rings. The normalized spacial score (nSPS) is 11.5. The van der Waals surface area contributed by atoms with Crippen LogP contribution in [0.2, 0.25) is 10.2 Å². The summed E-state index contributed by atoms with van der Waals surface area (Å²) in [5, 5.41) is 3.25. The zero-order chi connectivity index (χ0) is 13.8. The van der Waals surface area contributed by atoms with Gasteiger partial charge >= 0.3 is 0 Å². The van der Waals surface area contributed by atoms with Gasteiger partial charge in [-0.15, -0.1) is 11.3 Å². The first kappa shape index (κ1) is 14.8. The van der Waals surface area contributed by atoms with Crippen LogP contribution in [-0.2, 0) is 13.1 Å². The van der Waals surface area contributed by atoms with Crippen LogP contribution in [0.1, 0.15) is 24.4 Å². The third kappa shape index (κ3) is 4.18. The van der Waals surface area contributed by atoms with E-state index in [1.807, 2.05) is 0 Å². The van der Waals surface area contributed by atoms with E-state index in [0.29, 0.717) is 22.8 Å². The van der Waals surface area contributed by atoms with E-state index in [1.54, 1.807) is 23.5 Å². The summed E-state index contributed by atoms with van der Waals surface area (Å²) in [6, 6.07) is 8.15. The van der Waals surface area contributed by atoms with E-state index in [0.717, 1.165) is 12.2 Å². The minimum atomic E-state index is 0.416. The van der Waals surface area contributed by atoms with Gasteiger partial charge in [0.05, 0.1) is 10.7 Å². The van der Waals surface area contributed by atoms with Gasteiger partial charge in [0.1, 0.15) is 5.15 Å². The fourth-order valence-electron chi connectivity index (χ4n) is 1.78. The number of hydrogen-bond acceptors (Lipinski definition) is 3. The summed E-state index contributed by atoms with van der Waals surface area (Å²) < 4.78 is 0. The molecule has 0 fully saturated rings. The molecule has 0 N–H and O–H groups in total. The number of nitrogens with zero attached hydrogens (tertiary/aromatic N) is 2. The van der Waals surface area contributed by atoms with Crippen molar-refractivity contribution in [3.05, 3.63) is 50.4 Å². The van der Waals surface area contributed by atoms with Crippen LogP contribution < -0.4 is 0 Å². The second-order valence-corrected chi connectivity index (χ2v) is 6.47. The minimum absolute atomic E-state index is 0.416. The molecule has 19 heavy (non-hydrogen) atoms.